The molecule has 0 aliphatic carbocycles. The third-order valence-corrected chi connectivity index (χ3v) is 4.50. The molecule has 20 heavy (non-hydrogen) atoms. The SMILES string of the molecule is CCn1cc(S(=O)(=O)Nc2cccc(CO)c2Cl)cn1. The minimum absolute atomic E-state index is 0.0600. The summed E-state index contributed by atoms with van der Waals surface area (Å²) in [5, 5.41) is 13.2. The van der Waals surface area contributed by atoms with Crippen LogP contribution in [0, 0.1) is 0 Å². The lowest BCUT2D eigenvalue weighted by Crippen LogP contribution is -2.13. The fraction of sp³-hybridized carbons (Fsp3) is 0.250. The van der Waals surface area contributed by atoms with E-state index >= 15 is 0 Å². The molecule has 0 aliphatic rings. The Balaban J connectivity index is 2.33. The quantitative estimate of drug-likeness (QED) is 0.882. The van der Waals surface area contributed by atoms with E-state index < -0.39 is 10.0 Å². The number of aromatic nitrogens is 2. The van der Waals surface area contributed by atoms with Gasteiger partial charge in [0.2, 0.25) is 0 Å². The van der Waals surface area contributed by atoms with Crippen LogP contribution in [-0.4, -0.2) is 23.3 Å². The summed E-state index contributed by atoms with van der Waals surface area (Å²) in [4.78, 5) is 0.0600. The first kappa shape index (κ1) is 14.8. The Morgan fingerprint density at radius 1 is 1.45 bits per heavy atom. The van der Waals surface area contributed by atoms with Gasteiger partial charge in [0, 0.05) is 12.7 Å². The average Bonchev–Trinajstić information content (AvgIpc) is 2.90. The molecule has 1 heterocycles. The normalized spacial score (nSPS) is 11.6. The zero-order chi connectivity index (χ0) is 14.8. The highest BCUT2D eigenvalue weighted by Crippen LogP contribution is 2.28. The van der Waals surface area contributed by atoms with Gasteiger partial charge in [-0.3, -0.25) is 9.40 Å². The third-order valence-electron chi connectivity index (χ3n) is 2.74. The molecule has 0 atom stereocenters. The van der Waals surface area contributed by atoms with Gasteiger partial charge >= 0.3 is 0 Å². The number of halogens is 1. The molecule has 0 radical (unpaired) electrons. The lowest BCUT2D eigenvalue weighted by molar-refractivity contribution is 0.282. The summed E-state index contributed by atoms with van der Waals surface area (Å²) >= 11 is 6.03. The topological polar surface area (TPSA) is 84.2 Å². The minimum Gasteiger partial charge on any atom is -0.392 e. The van der Waals surface area contributed by atoms with Crippen LogP contribution in [0.1, 0.15) is 12.5 Å². The van der Waals surface area contributed by atoms with Gasteiger partial charge in [0.15, 0.2) is 0 Å². The average molecular weight is 316 g/mol. The summed E-state index contributed by atoms with van der Waals surface area (Å²) in [5.41, 5.74) is 0.679. The number of aliphatic hydroxyl groups is 1. The maximum atomic E-state index is 12.2. The summed E-state index contributed by atoms with van der Waals surface area (Å²) in [6.07, 6.45) is 2.71. The predicted molar refractivity (Wildman–Crippen MR) is 76.1 cm³/mol. The highest BCUT2D eigenvalue weighted by molar-refractivity contribution is 7.92. The molecule has 1 aromatic carbocycles. The second kappa shape index (κ2) is 5.82. The van der Waals surface area contributed by atoms with Crippen molar-refractivity contribution in [2.75, 3.05) is 4.72 Å². The number of rotatable bonds is 5. The van der Waals surface area contributed by atoms with Gasteiger partial charge in [-0.1, -0.05) is 23.7 Å². The molecular formula is C12H14ClN3O3S. The number of anilines is 1. The van der Waals surface area contributed by atoms with Crippen LogP contribution in [0.25, 0.3) is 0 Å². The number of benzene rings is 1. The molecule has 0 fully saturated rings. The fourth-order valence-electron chi connectivity index (χ4n) is 1.64. The molecule has 1 aromatic heterocycles. The van der Waals surface area contributed by atoms with Gasteiger partial charge in [-0.2, -0.15) is 5.10 Å². The number of sulfonamides is 1. The number of hydrogen-bond acceptors (Lipinski definition) is 4. The monoisotopic (exact) mass is 315 g/mol. The van der Waals surface area contributed by atoms with Gasteiger partial charge in [0.1, 0.15) is 4.90 Å². The van der Waals surface area contributed by atoms with Gasteiger partial charge in [-0.15, -0.1) is 0 Å². The van der Waals surface area contributed by atoms with Crippen LogP contribution in [0.2, 0.25) is 5.02 Å². The van der Waals surface area contributed by atoms with Crippen LogP contribution in [0.15, 0.2) is 35.5 Å². The zero-order valence-corrected chi connectivity index (χ0v) is 12.3. The molecule has 108 valence electrons. The van der Waals surface area contributed by atoms with Crippen molar-refractivity contribution in [2.24, 2.45) is 0 Å². The Bertz CT molecular complexity index is 712. The number of hydrogen-bond donors (Lipinski definition) is 2. The van der Waals surface area contributed by atoms with Crippen LogP contribution in [0.4, 0.5) is 5.69 Å². The highest BCUT2D eigenvalue weighted by atomic mass is 35.5. The van der Waals surface area contributed by atoms with E-state index in [1.165, 1.54) is 23.1 Å². The molecule has 0 amide bonds. The first-order valence-corrected chi connectivity index (χ1v) is 7.77. The molecule has 0 spiro atoms. The Morgan fingerprint density at radius 2 is 2.20 bits per heavy atom. The molecule has 2 N–H and O–H groups in total. The Hall–Kier alpha value is -1.57. The lowest BCUT2D eigenvalue weighted by atomic mass is 10.2. The maximum absolute atomic E-state index is 12.2. The molecular weight excluding hydrogens is 302 g/mol. The second-order valence-electron chi connectivity index (χ2n) is 4.07. The van der Waals surface area contributed by atoms with Crippen molar-refractivity contribution < 1.29 is 13.5 Å². The molecule has 0 unspecified atom stereocenters. The van der Waals surface area contributed by atoms with Crippen molar-refractivity contribution in [1.82, 2.24) is 9.78 Å². The molecule has 2 rings (SSSR count). The maximum Gasteiger partial charge on any atom is 0.265 e. The fourth-order valence-corrected chi connectivity index (χ4v) is 2.95. The first-order valence-electron chi connectivity index (χ1n) is 5.91. The summed E-state index contributed by atoms with van der Waals surface area (Å²) in [5.74, 6) is 0. The van der Waals surface area contributed by atoms with Gasteiger partial charge in [-0.05, 0) is 18.6 Å². The van der Waals surface area contributed by atoms with E-state index in [0.717, 1.165) is 0 Å². The van der Waals surface area contributed by atoms with E-state index in [1.807, 2.05) is 6.92 Å². The van der Waals surface area contributed by atoms with E-state index in [1.54, 1.807) is 12.1 Å². The standard InChI is InChI=1S/C12H14ClN3O3S/c1-2-16-7-10(6-14-16)20(18,19)15-11-5-3-4-9(8-17)12(11)13/h3-7,15,17H,2,8H2,1H3. The van der Waals surface area contributed by atoms with Crippen molar-refractivity contribution in [3.63, 3.8) is 0 Å². The molecule has 0 saturated heterocycles. The third kappa shape index (κ3) is 2.95. The van der Waals surface area contributed by atoms with Gasteiger partial charge in [0.25, 0.3) is 10.0 Å². The lowest BCUT2D eigenvalue weighted by Gasteiger charge is -2.10. The Kier molecular flexibility index (Phi) is 4.32. The summed E-state index contributed by atoms with van der Waals surface area (Å²) in [6.45, 7) is 2.18. The summed E-state index contributed by atoms with van der Waals surface area (Å²) in [7, 11) is -3.75. The number of aryl methyl sites for hydroxylation is 1. The smallest absolute Gasteiger partial charge is 0.265 e. The second-order valence-corrected chi connectivity index (χ2v) is 6.13. The van der Waals surface area contributed by atoms with Crippen LogP contribution >= 0.6 is 11.6 Å². The molecule has 8 heteroatoms. The number of nitrogens with one attached hydrogen (secondary N) is 1. The van der Waals surface area contributed by atoms with E-state index in [-0.39, 0.29) is 22.2 Å². The predicted octanol–water partition coefficient (Wildman–Crippen LogP) is 1.85. The molecule has 6 nitrogen and oxygen atoms in total. The van der Waals surface area contributed by atoms with Crippen LogP contribution in [-0.2, 0) is 23.2 Å². The highest BCUT2D eigenvalue weighted by Gasteiger charge is 2.18. The van der Waals surface area contributed by atoms with Crippen LogP contribution < -0.4 is 4.72 Å². The van der Waals surface area contributed by atoms with E-state index in [9.17, 15) is 8.42 Å². The molecule has 0 aliphatic heterocycles. The van der Waals surface area contributed by atoms with Crippen LogP contribution in [0.3, 0.4) is 0 Å². The Morgan fingerprint density at radius 3 is 2.80 bits per heavy atom. The molecule has 0 bridgehead atoms. The van der Waals surface area contributed by atoms with Crippen LogP contribution in [0.5, 0.6) is 0 Å². The Labute approximate surface area is 122 Å². The van der Waals surface area contributed by atoms with Crippen molar-refractivity contribution in [2.45, 2.75) is 25.0 Å². The van der Waals surface area contributed by atoms with Crippen molar-refractivity contribution in [1.29, 1.82) is 0 Å². The summed E-state index contributed by atoms with van der Waals surface area (Å²) in [6, 6.07) is 4.77. The van der Waals surface area contributed by atoms with Crippen molar-refractivity contribution >= 4 is 27.3 Å². The largest absolute Gasteiger partial charge is 0.392 e. The van der Waals surface area contributed by atoms with E-state index in [4.69, 9.17) is 16.7 Å². The van der Waals surface area contributed by atoms with Gasteiger partial charge < -0.3 is 5.11 Å². The minimum atomic E-state index is -3.75. The number of aliphatic hydroxyl groups excluding tert-OH is 1. The summed E-state index contributed by atoms with van der Waals surface area (Å²) < 4.78 is 28.3. The number of nitrogens with zero attached hydrogens (tertiary/aromatic N) is 2. The van der Waals surface area contributed by atoms with Gasteiger partial charge in [-0.25, -0.2) is 8.42 Å². The zero-order valence-electron chi connectivity index (χ0n) is 10.7. The van der Waals surface area contributed by atoms with E-state index in [2.05, 4.69) is 9.82 Å². The van der Waals surface area contributed by atoms with E-state index in [0.29, 0.717) is 12.1 Å². The van der Waals surface area contributed by atoms with Gasteiger partial charge in [0.05, 0.1) is 23.5 Å². The van der Waals surface area contributed by atoms with Crippen molar-refractivity contribution in [3.05, 3.63) is 41.2 Å². The molecule has 0 saturated carbocycles. The van der Waals surface area contributed by atoms with Crippen molar-refractivity contribution in [3.8, 4) is 0 Å². The first-order chi connectivity index (χ1) is 9.47. The molecule has 2 aromatic rings.